The van der Waals surface area contributed by atoms with Crippen LogP contribution in [-0.4, -0.2) is 38.9 Å². The summed E-state index contributed by atoms with van der Waals surface area (Å²) in [6, 6.07) is 5.18. The van der Waals surface area contributed by atoms with E-state index in [4.69, 9.17) is 9.15 Å². The molecule has 0 aromatic carbocycles. The topological polar surface area (TPSA) is 115 Å². The van der Waals surface area contributed by atoms with E-state index in [1.54, 1.807) is 24.5 Å². The summed E-state index contributed by atoms with van der Waals surface area (Å²) in [5.41, 5.74) is 1.86. The second-order valence-corrected chi connectivity index (χ2v) is 6.51. The minimum Gasteiger partial charge on any atom is -0.463 e. The van der Waals surface area contributed by atoms with Crippen molar-refractivity contribution in [2.75, 3.05) is 18.5 Å². The van der Waals surface area contributed by atoms with Crippen LogP contribution in [0.2, 0.25) is 0 Å². The second-order valence-electron chi connectivity index (χ2n) is 6.51. The van der Waals surface area contributed by atoms with Gasteiger partial charge in [0, 0.05) is 18.2 Å². The SMILES string of the molecule is CCOCC(=O)Nc1cc(-c2ccco2)nn1-c1nc2c(c(=O)[nH]1)CCCC2. The number of H-pyrrole nitrogens is 1. The summed E-state index contributed by atoms with van der Waals surface area (Å²) < 4.78 is 12.0. The Morgan fingerprint density at radius 2 is 2.25 bits per heavy atom. The summed E-state index contributed by atoms with van der Waals surface area (Å²) in [5, 5.41) is 7.24. The van der Waals surface area contributed by atoms with Gasteiger partial charge in [-0.15, -0.1) is 0 Å². The molecule has 0 radical (unpaired) electrons. The Labute approximate surface area is 160 Å². The third-order valence-corrected chi connectivity index (χ3v) is 4.57. The molecule has 2 N–H and O–H groups in total. The summed E-state index contributed by atoms with van der Waals surface area (Å²) in [6.07, 6.45) is 5.01. The van der Waals surface area contributed by atoms with Crippen LogP contribution in [0, 0.1) is 0 Å². The minimum atomic E-state index is -0.325. The highest BCUT2D eigenvalue weighted by Gasteiger charge is 2.20. The van der Waals surface area contributed by atoms with Crippen molar-refractivity contribution in [3.63, 3.8) is 0 Å². The molecule has 3 aromatic heterocycles. The molecule has 3 aromatic rings. The van der Waals surface area contributed by atoms with E-state index in [1.165, 1.54) is 4.68 Å². The number of aryl methyl sites for hydroxylation is 1. The Morgan fingerprint density at radius 3 is 3.04 bits per heavy atom. The highest BCUT2D eigenvalue weighted by molar-refractivity contribution is 5.91. The van der Waals surface area contributed by atoms with Crippen LogP contribution in [-0.2, 0) is 22.4 Å². The van der Waals surface area contributed by atoms with Crippen LogP contribution in [0.25, 0.3) is 17.4 Å². The monoisotopic (exact) mass is 383 g/mol. The molecule has 146 valence electrons. The van der Waals surface area contributed by atoms with E-state index < -0.39 is 0 Å². The van der Waals surface area contributed by atoms with Gasteiger partial charge in [-0.25, -0.2) is 4.98 Å². The van der Waals surface area contributed by atoms with Gasteiger partial charge in [-0.2, -0.15) is 9.78 Å². The van der Waals surface area contributed by atoms with Crippen molar-refractivity contribution in [1.82, 2.24) is 19.7 Å². The minimum absolute atomic E-state index is 0.0775. The predicted molar refractivity (Wildman–Crippen MR) is 101 cm³/mol. The molecule has 3 heterocycles. The number of aromatic amines is 1. The van der Waals surface area contributed by atoms with E-state index in [-0.39, 0.29) is 24.0 Å². The van der Waals surface area contributed by atoms with Crippen LogP contribution < -0.4 is 10.9 Å². The van der Waals surface area contributed by atoms with E-state index in [1.807, 2.05) is 6.92 Å². The molecule has 1 aliphatic rings. The number of nitrogens with zero attached hydrogens (tertiary/aromatic N) is 3. The van der Waals surface area contributed by atoms with Crippen LogP contribution in [0.15, 0.2) is 33.7 Å². The van der Waals surface area contributed by atoms with Crippen LogP contribution in [0.5, 0.6) is 0 Å². The summed E-state index contributed by atoms with van der Waals surface area (Å²) in [6.45, 7) is 2.17. The van der Waals surface area contributed by atoms with Crippen LogP contribution >= 0.6 is 0 Å². The Morgan fingerprint density at radius 1 is 1.39 bits per heavy atom. The van der Waals surface area contributed by atoms with Crippen molar-refractivity contribution in [3.8, 4) is 17.4 Å². The first-order chi connectivity index (χ1) is 13.7. The number of carbonyl (C=O) groups is 1. The molecular weight excluding hydrogens is 362 g/mol. The van der Waals surface area contributed by atoms with Gasteiger partial charge in [-0.05, 0) is 44.7 Å². The van der Waals surface area contributed by atoms with Gasteiger partial charge in [0.1, 0.15) is 18.1 Å². The molecule has 0 spiro atoms. The number of fused-ring (bicyclic) bond motifs is 1. The van der Waals surface area contributed by atoms with Crippen LogP contribution in [0.4, 0.5) is 5.82 Å². The number of carbonyl (C=O) groups excluding carboxylic acids is 1. The van der Waals surface area contributed by atoms with E-state index in [0.717, 1.165) is 36.9 Å². The summed E-state index contributed by atoms with van der Waals surface area (Å²) in [4.78, 5) is 32.1. The third-order valence-electron chi connectivity index (χ3n) is 4.57. The first-order valence-corrected chi connectivity index (χ1v) is 9.29. The Kier molecular flexibility index (Phi) is 5.07. The van der Waals surface area contributed by atoms with Gasteiger partial charge in [-0.3, -0.25) is 14.6 Å². The largest absolute Gasteiger partial charge is 0.463 e. The molecule has 0 bridgehead atoms. The Bertz CT molecular complexity index is 1040. The number of hydrogen-bond acceptors (Lipinski definition) is 6. The van der Waals surface area contributed by atoms with Crippen molar-refractivity contribution in [2.45, 2.75) is 32.6 Å². The van der Waals surface area contributed by atoms with E-state index >= 15 is 0 Å². The molecule has 0 atom stereocenters. The molecule has 0 unspecified atom stereocenters. The van der Waals surface area contributed by atoms with Crippen molar-refractivity contribution >= 4 is 11.7 Å². The number of furan rings is 1. The van der Waals surface area contributed by atoms with E-state index in [2.05, 4.69) is 20.4 Å². The number of ether oxygens (including phenoxy) is 1. The fraction of sp³-hybridized carbons (Fsp3) is 0.368. The quantitative estimate of drug-likeness (QED) is 0.673. The second kappa shape index (κ2) is 7.81. The van der Waals surface area contributed by atoms with Crippen molar-refractivity contribution in [2.24, 2.45) is 0 Å². The maximum atomic E-state index is 12.5. The molecule has 0 saturated carbocycles. The van der Waals surface area contributed by atoms with Gasteiger partial charge >= 0.3 is 0 Å². The standard InChI is InChI=1S/C19H21N5O4/c1-2-27-11-17(25)21-16-10-14(15-8-5-9-28-15)23-24(16)19-20-13-7-4-3-6-12(13)18(26)22-19/h5,8-10H,2-4,6-7,11H2,1H3,(H,21,25)(H,20,22,26). The molecular formula is C19H21N5O4. The zero-order valence-corrected chi connectivity index (χ0v) is 15.5. The maximum Gasteiger partial charge on any atom is 0.255 e. The summed E-state index contributed by atoms with van der Waals surface area (Å²) >= 11 is 0. The lowest BCUT2D eigenvalue weighted by atomic mass is 9.97. The van der Waals surface area contributed by atoms with Gasteiger partial charge in [0.05, 0.1) is 12.0 Å². The predicted octanol–water partition coefficient (Wildman–Crippen LogP) is 2.07. The fourth-order valence-corrected chi connectivity index (χ4v) is 3.24. The molecule has 1 amide bonds. The van der Waals surface area contributed by atoms with Crippen molar-refractivity contribution < 1.29 is 13.9 Å². The average molecular weight is 383 g/mol. The number of anilines is 1. The highest BCUT2D eigenvalue weighted by atomic mass is 16.5. The normalized spacial score (nSPS) is 13.3. The van der Waals surface area contributed by atoms with E-state index in [0.29, 0.717) is 23.9 Å². The van der Waals surface area contributed by atoms with Gasteiger partial charge in [0.2, 0.25) is 5.95 Å². The molecule has 0 aliphatic heterocycles. The lowest BCUT2D eigenvalue weighted by Gasteiger charge is -2.15. The zero-order chi connectivity index (χ0) is 19.5. The Hall–Kier alpha value is -3.20. The lowest BCUT2D eigenvalue weighted by Crippen LogP contribution is -2.25. The Balaban J connectivity index is 1.75. The smallest absolute Gasteiger partial charge is 0.255 e. The highest BCUT2D eigenvalue weighted by Crippen LogP contribution is 2.25. The molecule has 1 aliphatic carbocycles. The maximum absolute atomic E-state index is 12.5. The molecule has 28 heavy (non-hydrogen) atoms. The molecule has 4 rings (SSSR count). The molecule has 9 heteroatoms. The van der Waals surface area contributed by atoms with Gasteiger partial charge in [-0.1, -0.05) is 0 Å². The fourth-order valence-electron chi connectivity index (χ4n) is 3.24. The van der Waals surface area contributed by atoms with Crippen LogP contribution in [0.1, 0.15) is 31.0 Å². The van der Waals surface area contributed by atoms with Gasteiger partial charge in [0.25, 0.3) is 11.5 Å². The number of nitrogens with one attached hydrogen (secondary N) is 2. The van der Waals surface area contributed by atoms with Gasteiger partial charge < -0.3 is 14.5 Å². The van der Waals surface area contributed by atoms with Gasteiger partial charge in [0.15, 0.2) is 5.76 Å². The first kappa shape index (κ1) is 18.2. The number of rotatable bonds is 6. The lowest BCUT2D eigenvalue weighted by molar-refractivity contribution is -0.120. The zero-order valence-electron chi connectivity index (χ0n) is 15.5. The van der Waals surface area contributed by atoms with Crippen LogP contribution in [0.3, 0.4) is 0 Å². The number of aromatic nitrogens is 4. The molecule has 9 nitrogen and oxygen atoms in total. The molecule has 0 saturated heterocycles. The first-order valence-electron chi connectivity index (χ1n) is 9.29. The number of hydrogen-bond donors (Lipinski definition) is 2. The van der Waals surface area contributed by atoms with Crippen molar-refractivity contribution in [3.05, 3.63) is 46.1 Å². The summed E-state index contributed by atoms with van der Waals surface area (Å²) in [7, 11) is 0. The average Bonchev–Trinajstić information content (AvgIpc) is 3.36. The van der Waals surface area contributed by atoms with Crippen molar-refractivity contribution in [1.29, 1.82) is 0 Å². The number of amides is 1. The third kappa shape index (κ3) is 3.61. The summed E-state index contributed by atoms with van der Waals surface area (Å²) in [5.74, 6) is 0.846. The molecule has 0 fully saturated rings. The van der Waals surface area contributed by atoms with E-state index in [9.17, 15) is 9.59 Å².